The first-order valence-electron chi connectivity index (χ1n) is 3.51. The van der Waals surface area contributed by atoms with Gasteiger partial charge in [0.05, 0.1) is 12.7 Å². The maximum Gasteiger partial charge on any atom is 0.172 e. The van der Waals surface area contributed by atoms with Crippen molar-refractivity contribution in [2.75, 3.05) is 13.1 Å². The SMILES string of the molecule is O=C1CNCC1n1c[c]cn1. The fourth-order valence-corrected chi connectivity index (χ4v) is 1.22. The second-order valence-corrected chi connectivity index (χ2v) is 2.53. The van der Waals surface area contributed by atoms with Gasteiger partial charge in [0.1, 0.15) is 6.04 Å². The summed E-state index contributed by atoms with van der Waals surface area (Å²) in [5, 5.41) is 6.94. The Hall–Kier alpha value is -1.16. The van der Waals surface area contributed by atoms with Crippen LogP contribution in [0.5, 0.6) is 0 Å². The van der Waals surface area contributed by atoms with Crippen molar-refractivity contribution in [2.24, 2.45) is 0 Å². The smallest absolute Gasteiger partial charge is 0.172 e. The molecular formula is C7H8N3O. The number of nitrogens with one attached hydrogen (secondary N) is 1. The number of aromatic nitrogens is 2. The van der Waals surface area contributed by atoms with E-state index in [-0.39, 0.29) is 11.8 Å². The molecular weight excluding hydrogens is 142 g/mol. The zero-order valence-corrected chi connectivity index (χ0v) is 5.95. The lowest BCUT2D eigenvalue weighted by atomic mass is 10.2. The van der Waals surface area contributed by atoms with E-state index in [1.54, 1.807) is 17.1 Å². The van der Waals surface area contributed by atoms with Crippen LogP contribution in [0.15, 0.2) is 12.4 Å². The topological polar surface area (TPSA) is 46.9 Å². The number of rotatable bonds is 1. The van der Waals surface area contributed by atoms with Crippen LogP contribution in [0.2, 0.25) is 0 Å². The summed E-state index contributed by atoms with van der Waals surface area (Å²) in [5.41, 5.74) is 0. The van der Waals surface area contributed by atoms with Crippen LogP contribution in [0.1, 0.15) is 6.04 Å². The molecule has 2 heterocycles. The molecule has 4 heteroatoms. The zero-order valence-electron chi connectivity index (χ0n) is 5.95. The van der Waals surface area contributed by atoms with Gasteiger partial charge in [0.2, 0.25) is 0 Å². The molecule has 57 valence electrons. The van der Waals surface area contributed by atoms with Gasteiger partial charge in [0, 0.05) is 18.8 Å². The highest BCUT2D eigenvalue weighted by molar-refractivity contribution is 5.86. The third-order valence-corrected chi connectivity index (χ3v) is 1.80. The highest BCUT2D eigenvalue weighted by Gasteiger charge is 2.25. The second kappa shape index (κ2) is 2.47. The van der Waals surface area contributed by atoms with Gasteiger partial charge in [0.15, 0.2) is 5.78 Å². The Bertz CT molecular complexity index is 255. The third-order valence-electron chi connectivity index (χ3n) is 1.80. The van der Waals surface area contributed by atoms with Crippen molar-refractivity contribution in [2.45, 2.75) is 6.04 Å². The number of hydrogen-bond acceptors (Lipinski definition) is 3. The normalized spacial score (nSPS) is 24.4. The number of carbonyl (C=O) groups is 1. The molecule has 1 saturated heterocycles. The number of carbonyl (C=O) groups excluding carboxylic acids is 1. The Labute approximate surface area is 64.2 Å². The first-order valence-corrected chi connectivity index (χ1v) is 3.51. The summed E-state index contributed by atoms with van der Waals surface area (Å²) in [7, 11) is 0. The minimum atomic E-state index is -0.110. The fourth-order valence-electron chi connectivity index (χ4n) is 1.22. The summed E-state index contributed by atoms with van der Waals surface area (Å²) in [4.78, 5) is 11.1. The standard InChI is InChI=1S/C7H8N3O/c11-7-5-8-4-6(7)10-3-1-2-9-10/h2-3,6,8H,4-5H2. The van der Waals surface area contributed by atoms with Crippen LogP contribution in [0, 0.1) is 6.07 Å². The van der Waals surface area contributed by atoms with Crippen LogP contribution >= 0.6 is 0 Å². The maximum atomic E-state index is 11.1. The molecule has 0 spiro atoms. The Morgan fingerprint density at radius 1 is 1.82 bits per heavy atom. The van der Waals surface area contributed by atoms with E-state index >= 15 is 0 Å². The second-order valence-electron chi connectivity index (χ2n) is 2.53. The van der Waals surface area contributed by atoms with Crippen LogP contribution in [-0.2, 0) is 4.79 Å². The fraction of sp³-hybridized carbons (Fsp3) is 0.429. The molecule has 0 aliphatic carbocycles. The van der Waals surface area contributed by atoms with Crippen LogP contribution in [-0.4, -0.2) is 28.7 Å². The molecule has 1 fully saturated rings. The van der Waals surface area contributed by atoms with E-state index in [2.05, 4.69) is 16.5 Å². The lowest BCUT2D eigenvalue weighted by molar-refractivity contribution is -0.119. The number of hydrogen-bond donors (Lipinski definition) is 1. The number of Topliss-reactive ketones (excluding diaryl/α,β-unsaturated/α-hetero) is 1. The molecule has 1 atom stereocenters. The van der Waals surface area contributed by atoms with Gasteiger partial charge in [0.25, 0.3) is 0 Å². The molecule has 1 N–H and O–H groups in total. The molecule has 1 unspecified atom stereocenters. The molecule has 1 aromatic heterocycles. The molecule has 11 heavy (non-hydrogen) atoms. The van der Waals surface area contributed by atoms with Gasteiger partial charge in [-0.2, -0.15) is 5.10 Å². The lowest BCUT2D eigenvalue weighted by Crippen LogP contribution is -2.17. The van der Waals surface area contributed by atoms with Gasteiger partial charge in [-0.05, 0) is 0 Å². The molecule has 0 amide bonds. The van der Waals surface area contributed by atoms with Crippen molar-refractivity contribution >= 4 is 5.78 Å². The van der Waals surface area contributed by atoms with E-state index in [9.17, 15) is 4.79 Å². The Morgan fingerprint density at radius 2 is 2.73 bits per heavy atom. The van der Waals surface area contributed by atoms with Gasteiger partial charge in [-0.1, -0.05) is 0 Å². The van der Waals surface area contributed by atoms with Crippen LogP contribution in [0.4, 0.5) is 0 Å². The van der Waals surface area contributed by atoms with Crippen molar-refractivity contribution in [3.63, 3.8) is 0 Å². The Balaban J connectivity index is 2.23. The minimum Gasteiger partial charge on any atom is -0.307 e. The summed E-state index contributed by atoms with van der Waals surface area (Å²) in [6.07, 6.45) is 3.25. The van der Waals surface area contributed by atoms with Gasteiger partial charge < -0.3 is 5.32 Å². The summed E-state index contributed by atoms with van der Waals surface area (Å²) in [6, 6.07) is 2.69. The predicted molar refractivity (Wildman–Crippen MR) is 38.0 cm³/mol. The Kier molecular flexibility index (Phi) is 1.47. The van der Waals surface area contributed by atoms with Crippen LogP contribution in [0.25, 0.3) is 0 Å². The van der Waals surface area contributed by atoms with E-state index in [4.69, 9.17) is 0 Å². The molecule has 0 saturated carbocycles. The minimum absolute atomic E-state index is 0.110. The average Bonchev–Trinajstić information content (AvgIpc) is 2.55. The lowest BCUT2D eigenvalue weighted by Gasteiger charge is -2.05. The number of nitrogens with zero attached hydrogens (tertiary/aromatic N) is 2. The van der Waals surface area contributed by atoms with Crippen molar-refractivity contribution in [3.8, 4) is 0 Å². The first kappa shape index (κ1) is 6.54. The van der Waals surface area contributed by atoms with Crippen LogP contribution < -0.4 is 5.32 Å². The summed E-state index contributed by atoms with van der Waals surface area (Å²) in [5.74, 6) is 0.196. The van der Waals surface area contributed by atoms with Crippen molar-refractivity contribution < 1.29 is 4.79 Å². The molecule has 0 bridgehead atoms. The molecule has 1 radical (unpaired) electrons. The zero-order chi connectivity index (χ0) is 7.68. The third kappa shape index (κ3) is 1.05. The monoisotopic (exact) mass is 150 g/mol. The molecule has 0 aromatic carbocycles. The first-order chi connectivity index (χ1) is 5.38. The van der Waals surface area contributed by atoms with E-state index in [0.29, 0.717) is 13.1 Å². The van der Waals surface area contributed by atoms with Gasteiger partial charge in [-0.3, -0.25) is 9.48 Å². The molecule has 4 nitrogen and oxygen atoms in total. The van der Waals surface area contributed by atoms with E-state index < -0.39 is 0 Å². The maximum absolute atomic E-state index is 11.1. The largest absolute Gasteiger partial charge is 0.307 e. The molecule has 1 aromatic rings. The molecule has 2 rings (SSSR count). The highest BCUT2D eigenvalue weighted by atomic mass is 16.1. The van der Waals surface area contributed by atoms with E-state index in [1.165, 1.54) is 0 Å². The van der Waals surface area contributed by atoms with Crippen molar-refractivity contribution in [1.29, 1.82) is 0 Å². The average molecular weight is 150 g/mol. The quantitative estimate of drug-likeness (QED) is 0.581. The van der Waals surface area contributed by atoms with E-state index in [0.717, 1.165) is 0 Å². The molecule has 1 aliphatic heterocycles. The van der Waals surface area contributed by atoms with Gasteiger partial charge >= 0.3 is 0 Å². The number of ketones is 1. The highest BCUT2D eigenvalue weighted by Crippen LogP contribution is 2.08. The summed E-state index contributed by atoms with van der Waals surface area (Å²) < 4.78 is 1.64. The van der Waals surface area contributed by atoms with Gasteiger partial charge in [-0.25, -0.2) is 0 Å². The van der Waals surface area contributed by atoms with Gasteiger partial charge in [-0.15, -0.1) is 0 Å². The van der Waals surface area contributed by atoms with Crippen molar-refractivity contribution in [1.82, 2.24) is 15.1 Å². The van der Waals surface area contributed by atoms with Crippen LogP contribution in [0.3, 0.4) is 0 Å². The van der Waals surface area contributed by atoms with E-state index in [1.807, 2.05) is 0 Å². The van der Waals surface area contributed by atoms with Crippen molar-refractivity contribution in [3.05, 3.63) is 18.5 Å². The summed E-state index contributed by atoms with van der Waals surface area (Å²) in [6.45, 7) is 1.15. The molecule has 1 aliphatic rings. The Morgan fingerprint density at radius 3 is 3.27 bits per heavy atom. The predicted octanol–water partition coefficient (Wildman–Crippen LogP) is -0.603. The summed E-state index contributed by atoms with van der Waals surface area (Å²) >= 11 is 0.